The van der Waals surface area contributed by atoms with Crippen molar-refractivity contribution in [3.05, 3.63) is 58.7 Å². The molecule has 0 aliphatic carbocycles. The second-order valence-corrected chi connectivity index (χ2v) is 10.1. The second-order valence-electron chi connectivity index (χ2n) is 10.1. The van der Waals surface area contributed by atoms with E-state index in [2.05, 4.69) is 46.9 Å². The first-order chi connectivity index (χ1) is 13.2. The molecule has 0 aliphatic rings. The van der Waals surface area contributed by atoms with E-state index < -0.39 is 5.92 Å². The Balaban J connectivity index is 2.75. The highest BCUT2D eigenvalue weighted by Crippen LogP contribution is 2.40. The molecular formula is C25H35NO3. The Kier molecular flexibility index (Phi) is 6.36. The highest BCUT2D eigenvalue weighted by Gasteiger charge is 2.31. The molecule has 0 unspecified atom stereocenters. The molecular weight excluding hydrogens is 362 g/mol. The number of aromatic hydroxyl groups is 2. The topological polar surface area (TPSA) is 69.6 Å². The summed E-state index contributed by atoms with van der Waals surface area (Å²) in [5.74, 6) is -0.977. The van der Waals surface area contributed by atoms with Crippen LogP contribution in [0, 0.1) is 0 Å². The van der Waals surface area contributed by atoms with Crippen molar-refractivity contribution >= 4 is 5.91 Å². The lowest BCUT2D eigenvalue weighted by Crippen LogP contribution is -2.35. The maximum atomic E-state index is 13.2. The lowest BCUT2D eigenvalue weighted by Gasteiger charge is -2.26. The van der Waals surface area contributed by atoms with Gasteiger partial charge in [-0.2, -0.15) is 0 Å². The van der Waals surface area contributed by atoms with E-state index in [0.29, 0.717) is 11.1 Å². The Labute approximate surface area is 175 Å². The molecule has 0 aliphatic heterocycles. The first kappa shape index (κ1) is 22.8. The van der Waals surface area contributed by atoms with Crippen LogP contribution in [0.25, 0.3) is 0 Å². The Bertz CT molecular complexity index is 822. The van der Waals surface area contributed by atoms with Crippen LogP contribution in [-0.4, -0.2) is 22.2 Å². The molecule has 0 atom stereocenters. The molecule has 0 fully saturated rings. The predicted molar refractivity (Wildman–Crippen MR) is 119 cm³/mol. The first-order valence-corrected chi connectivity index (χ1v) is 10.2. The van der Waals surface area contributed by atoms with E-state index in [-0.39, 0.29) is 34.3 Å². The molecule has 4 heteroatoms. The fraction of sp³-hybridized carbons (Fsp3) is 0.480. The highest BCUT2D eigenvalue weighted by atomic mass is 16.3. The summed E-state index contributed by atoms with van der Waals surface area (Å²) in [7, 11) is 0. The van der Waals surface area contributed by atoms with Gasteiger partial charge in [0, 0.05) is 17.2 Å². The van der Waals surface area contributed by atoms with Crippen LogP contribution < -0.4 is 5.32 Å². The largest absolute Gasteiger partial charge is 0.508 e. The van der Waals surface area contributed by atoms with Crippen LogP contribution in [0.1, 0.15) is 83.6 Å². The predicted octanol–water partition coefficient (Wildman–Crippen LogP) is 5.35. The molecule has 4 nitrogen and oxygen atoms in total. The van der Waals surface area contributed by atoms with Crippen molar-refractivity contribution in [1.82, 2.24) is 5.32 Å². The van der Waals surface area contributed by atoms with E-state index in [0.717, 1.165) is 11.1 Å². The van der Waals surface area contributed by atoms with Crippen LogP contribution in [0.15, 0.2) is 36.4 Å². The van der Waals surface area contributed by atoms with E-state index in [1.54, 1.807) is 12.1 Å². The van der Waals surface area contributed by atoms with Gasteiger partial charge in [0.1, 0.15) is 11.5 Å². The minimum atomic E-state index is -0.818. The molecule has 158 valence electrons. The van der Waals surface area contributed by atoms with E-state index in [9.17, 15) is 15.0 Å². The Hall–Kier alpha value is -2.49. The minimum absolute atomic E-state index is 0.0440. The zero-order valence-corrected chi connectivity index (χ0v) is 18.9. The number of nitrogens with one attached hydrogen (secondary N) is 1. The number of hydrogen-bond donors (Lipinski definition) is 3. The molecule has 0 spiro atoms. The smallest absolute Gasteiger partial charge is 0.232 e. The molecule has 2 rings (SSSR count). The average Bonchev–Trinajstić information content (AvgIpc) is 2.55. The van der Waals surface area contributed by atoms with Crippen LogP contribution >= 0.6 is 0 Å². The molecule has 0 saturated carbocycles. The third-order valence-electron chi connectivity index (χ3n) is 5.10. The summed E-state index contributed by atoms with van der Waals surface area (Å²) in [6, 6.07) is 10.7. The third kappa shape index (κ3) is 5.31. The van der Waals surface area contributed by atoms with Gasteiger partial charge in [0.2, 0.25) is 5.91 Å². The summed E-state index contributed by atoms with van der Waals surface area (Å²) >= 11 is 0. The fourth-order valence-electron chi connectivity index (χ4n) is 3.32. The summed E-state index contributed by atoms with van der Waals surface area (Å²) in [5.41, 5.74) is 2.74. The van der Waals surface area contributed by atoms with Gasteiger partial charge in [-0.05, 0) is 47.9 Å². The fourth-order valence-corrected chi connectivity index (χ4v) is 3.32. The van der Waals surface area contributed by atoms with E-state index >= 15 is 0 Å². The Morgan fingerprint density at radius 2 is 1.17 bits per heavy atom. The number of phenols is 2. The van der Waals surface area contributed by atoms with Gasteiger partial charge in [-0.1, -0.05) is 65.8 Å². The lowest BCUT2D eigenvalue weighted by molar-refractivity contribution is -0.122. The molecule has 2 aromatic rings. The van der Waals surface area contributed by atoms with Gasteiger partial charge in [0.15, 0.2) is 0 Å². The molecule has 0 radical (unpaired) electrons. The number of benzene rings is 2. The van der Waals surface area contributed by atoms with Crippen LogP contribution in [0.4, 0.5) is 0 Å². The Morgan fingerprint density at radius 3 is 1.48 bits per heavy atom. The molecule has 1 amide bonds. The molecule has 2 aromatic carbocycles. The monoisotopic (exact) mass is 397 g/mol. The second kappa shape index (κ2) is 8.10. The van der Waals surface area contributed by atoms with Gasteiger partial charge < -0.3 is 15.5 Å². The third-order valence-corrected chi connectivity index (χ3v) is 5.10. The molecule has 0 heterocycles. The van der Waals surface area contributed by atoms with Crippen molar-refractivity contribution in [2.75, 3.05) is 0 Å². The first-order valence-electron chi connectivity index (χ1n) is 10.2. The summed E-state index contributed by atoms with van der Waals surface area (Å²) in [6.45, 7) is 16.3. The van der Waals surface area contributed by atoms with E-state index in [1.807, 2.05) is 38.1 Å². The van der Waals surface area contributed by atoms with Crippen LogP contribution in [0.2, 0.25) is 0 Å². The van der Waals surface area contributed by atoms with Gasteiger partial charge in [-0.15, -0.1) is 0 Å². The van der Waals surface area contributed by atoms with E-state index in [4.69, 9.17) is 0 Å². The van der Waals surface area contributed by atoms with Crippen LogP contribution in [0.3, 0.4) is 0 Å². The lowest BCUT2D eigenvalue weighted by atomic mass is 9.80. The number of hydrogen-bond acceptors (Lipinski definition) is 3. The SMILES string of the molecule is CC(C)NC(=O)C(c1cc(C(C)(C)C)ccc1O)c1cc(C(C)(C)C)ccc1O. The van der Waals surface area contributed by atoms with Gasteiger partial charge >= 0.3 is 0 Å². The maximum absolute atomic E-state index is 13.2. The normalized spacial score (nSPS) is 12.5. The van der Waals surface area contributed by atoms with Crippen molar-refractivity contribution in [2.24, 2.45) is 0 Å². The van der Waals surface area contributed by atoms with Gasteiger partial charge in [-0.25, -0.2) is 0 Å². The average molecular weight is 398 g/mol. The molecule has 3 N–H and O–H groups in total. The number of amides is 1. The standard InChI is InChI=1S/C25H35NO3/c1-15(2)26-23(29)22(18-13-16(24(3,4)5)9-11-20(18)27)19-14-17(25(6,7)8)10-12-21(19)28/h9-15,22,27-28H,1-8H3,(H,26,29). The maximum Gasteiger partial charge on any atom is 0.232 e. The zero-order valence-electron chi connectivity index (χ0n) is 18.9. The summed E-state index contributed by atoms with van der Waals surface area (Å²) in [5, 5.41) is 24.3. The van der Waals surface area contributed by atoms with Gasteiger partial charge in [0.25, 0.3) is 0 Å². The summed E-state index contributed by atoms with van der Waals surface area (Å²) in [4.78, 5) is 13.2. The zero-order chi connectivity index (χ0) is 22.1. The molecule has 0 aromatic heterocycles. The van der Waals surface area contributed by atoms with Crippen molar-refractivity contribution in [3.63, 3.8) is 0 Å². The van der Waals surface area contributed by atoms with Crippen LogP contribution in [-0.2, 0) is 15.6 Å². The number of phenolic OH excluding ortho intramolecular Hbond substituents is 2. The van der Waals surface area contributed by atoms with E-state index in [1.165, 1.54) is 0 Å². The molecule has 0 saturated heterocycles. The molecule has 0 bridgehead atoms. The van der Waals surface area contributed by atoms with Gasteiger partial charge in [-0.3, -0.25) is 4.79 Å². The minimum Gasteiger partial charge on any atom is -0.508 e. The summed E-state index contributed by atoms with van der Waals surface area (Å²) in [6.07, 6.45) is 0. The quantitative estimate of drug-likeness (QED) is 0.651. The molecule has 29 heavy (non-hydrogen) atoms. The van der Waals surface area contributed by atoms with Crippen molar-refractivity contribution in [1.29, 1.82) is 0 Å². The highest BCUT2D eigenvalue weighted by molar-refractivity contribution is 5.89. The number of rotatable bonds is 4. The number of carbonyl (C=O) groups excluding carboxylic acids is 1. The summed E-state index contributed by atoms with van der Waals surface area (Å²) < 4.78 is 0. The van der Waals surface area contributed by atoms with Crippen LogP contribution in [0.5, 0.6) is 11.5 Å². The number of carbonyl (C=O) groups is 1. The van der Waals surface area contributed by atoms with Gasteiger partial charge in [0.05, 0.1) is 5.92 Å². The van der Waals surface area contributed by atoms with Crippen molar-refractivity contribution in [2.45, 2.75) is 78.2 Å². The van der Waals surface area contributed by atoms with Crippen molar-refractivity contribution < 1.29 is 15.0 Å². The Morgan fingerprint density at radius 1 is 0.793 bits per heavy atom. The van der Waals surface area contributed by atoms with Crippen molar-refractivity contribution in [3.8, 4) is 11.5 Å².